The second-order valence-electron chi connectivity index (χ2n) is 4.13. The maximum Gasteiger partial charge on any atom is 0.250 e. The molecule has 0 aromatic carbocycles. The molecule has 0 atom stereocenters. The predicted molar refractivity (Wildman–Crippen MR) is 61.5 cm³/mol. The summed E-state index contributed by atoms with van der Waals surface area (Å²) in [5.74, 6) is 0.603. The lowest BCUT2D eigenvalue weighted by Gasteiger charge is -2.32. The summed E-state index contributed by atoms with van der Waals surface area (Å²) >= 11 is 1.01. The molecule has 0 bridgehead atoms. The smallest absolute Gasteiger partial charge is 0.207 e. The molecule has 6 heteroatoms. The minimum Gasteiger partial charge on any atom is -0.207 e. The van der Waals surface area contributed by atoms with Gasteiger partial charge in [-0.1, -0.05) is 6.92 Å². The van der Waals surface area contributed by atoms with Crippen LogP contribution in [0.1, 0.15) is 24.6 Å². The monoisotopic (exact) mass is 256 g/mol. The second kappa shape index (κ2) is 4.17. The highest BCUT2D eigenvalue weighted by Crippen LogP contribution is 2.29. The van der Waals surface area contributed by atoms with Gasteiger partial charge >= 0.3 is 0 Å². The quantitative estimate of drug-likeness (QED) is 0.894. The Labute approximate surface area is 99.0 Å². The Bertz CT molecular complexity index is 521. The van der Waals surface area contributed by atoms with Gasteiger partial charge < -0.3 is 0 Å². The van der Waals surface area contributed by atoms with Crippen LogP contribution in [0.25, 0.3) is 0 Å². The number of thiophene rings is 1. The highest BCUT2D eigenvalue weighted by atomic mass is 32.2. The average Bonchev–Trinajstić information content (AvgIpc) is 2.63. The van der Waals surface area contributed by atoms with Crippen LogP contribution in [-0.2, 0) is 10.0 Å². The first-order chi connectivity index (χ1) is 7.51. The fourth-order valence-electron chi connectivity index (χ4n) is 1.80. The lowest BCUT2D eigenvalue weighted by molar-refractivity contribution is 0.270. The van der Waals surface area contributed by atoms with Gasteiger partial charge in [0, 0.05) is 6.04 Å². The van der Waals surface area contributed by atoms with E-state index in [-0.39, 0.29) is 10.3 Å². The highest BCUT2D eigenvalue weighted by molar-refractivity contribution is 7.91. The molecule has 1 N–H and O–H groups in total. The van der Waals surface area contributed by atoms with E-state index in [4.69, 9.17) is 5.26 Å². The van der Waals surface area contributed by atoms with Crippen molar-refractivity contribution >= 4 is 21.4 Å². The van der Waals surface area contributed by atoms with E-state index in [1.807, 2.05) is 6.07 Å². The summed E-state index contributed by atoms with van der Waals surface area (Å²) in [7, 11) is -3.42. The van der Waals surface area contributed by atoms with E-state index in [1.165, 1.54) is 12.1 Å². The number of hydrogen-bond acceptors (Lipinski definition) is 4. The van der Waals surface area contributed by atoms with Crippen molar-refractivity contribution in [2.75, 3.05) is 0 Å². The average molecular weight is 256 g/mol. The largest absolute Gasteiger partial charge is 0.250 e. The third-order valence-corrected chi connectivity index (χ3v) is 5.65. The van der Waals surface area contributed by atoms with E-state index in [2.05, 4.69) is 11.6 Å². The third kappa shape index (κ3) is 2.26. The van der Waals surface area contributed by atoms with Gasteiger partial charge in [-0.25, -0.2) is 13.1 Å². The number of rotatable bonds is 3. The second-order valence-corrected chi connectivity index (χ2v) is 7.15. The molecule has 1 saturated carbocycles. The summed E-state index contributed by atoms with van der Waals surface area (Å²) in [6, 6.07) is 5.01. The molecular weight excluding hydrogens is 244 g/mol. The number of nitrogens with one attached hydrogen (secondary N) is 1. The Kier molecular flexibility index (Phi) is 3.02. The zero-order valence-corrected chi connectivity index (χ0v) is 10.4. The molecule has 0 spiro atoms. The Morgan fingerprint density at radius 3 is 2.69 bits per heavy atom. The summed E-state index contributed by atoms with van der Waals surface area (Å²) in [5, 5.41) is 8.64. The fourth-order valence-corrected chi connectivity index (χ4v) is 4.18. The van der Waals surface area contributed by atoms with Crippen LogP contribution >= 0.6 is 11.3 Å². The fraction of sp³-hybridized carbons (Fsp3) is 0.500. The summed E-state index contributed by atoms with van der Waals surface area (Å²) in [6.07, 6.45) is 1.80. The van der Waals surface area contributed by atoms with Crippen LogP contribution in [-0.4, -0.2) is 14.5 Å². The van der Waals surface area contributed by atoms with E-state index in [0.29, 0.717) is 10.8 Å². The van der Waals surface area contributed by atoms with Gasteiger partial charge in [-0.2, -0.15) is 5.26 Å². The molecule has 4 nitrogen and oxygen atoms in total. The van der Waals surface area contributed by atoms with Crippen LogP contribution in [0.4, 0.5) is 0 Å². The molecule has 0 aliphatic heterocycles. The number of nitrogens with zero attached hydrogens (tertiary/aromatic N) is 1. The van der Waals surface area contributed by atoms with Crippen molar-refractivity contribution in [3.63, 3.8) is 0 Å². The molecule has 16 heavy (non-hydrogen) atoms. The minimum absolute atomic E-state index is 0.0626. The SMILES string of the molecule is CC1CC(NS(=O)(=O)c2ccc(C#N)s2)C1. The summed E-state index contributed by atoms with van der Waals surface area (Å²) in [5.41, 5.74) is 0. The van der Waals surface area contributed by atoms with Gasteiger partial charge in [0.1, 0.15) is 15.2 Å². The zero-order chi connectivity index (χ0) is 11.8. The van der Waals surface area contributed by atoms with E-state index in [0.717, 1.165) is 24.2 Å². The summed E-state index contributed by atoms with van der Waals surface area (Å²) < 4.78 is 26.6. The van der Waals surface area contributed by atoms with Crippen molar-refractivity contribution in [1.29, 1.82) is 5.26 Å². The lowest BCUT2D eigenvalue weighted by Crippen LogP contribution is -2.43. The molecule has 1 aliphatic rings. The van der Waals surface area contributed by atoms with E-state index in [1.54, 1.807) is 0 Å². The van der Waals surface area contributed by atoms with Crippen molar-refractivity contribution in [2.45, 2.75) is 30.0 Å². The zero-order valence-electron chi connectivity index (χ0n) is 8.80. The Morgan fingerprint density at radius 1 is 1.50 bits per heavy atom. The minimum atomic E-state index is -3.42. The highest BCUT2D eigenvalue weighted by Gasteiger charge is 2.30. The van der Waals surface area contributed by atoms with Gasteiger partial charge in [0.05, 0.1) is 0 Å². The van der Waals surface area contributed by atoms with Crippen LogP contribution in [0.3, 0.4) is 0 Å². The predicted octanol–water partition coefficient (Wildman–Crippen LogP) is 1.70. The van der Waals surface area contributed by atoms with Crippen molar-refractivity contribution in [1.82, 2.24) is 4.72 Å². The third-order valence-electron chi connectivity index (χ3n) is 2.65. The van der Waals surface area contributed by atoms with Crippen molar-refractivity contribution in [3.05, 3.63) is 17.0 Å². The van der Waals surface area contributed by atoms with Crippen LogP contribution in [0.5, 0.6) is 0 Å². The first-order valence-electron chi connectivity index (χ1n) is 5.03. The molecule has 1 aromatic heterocycles. The van der Waals surface area contributed by atoms with Gasteiger partial charge in [0.2, 0.25) is 10.0 Å². The lowest BCUT2D eigenvalue weighted by atomic mass is 9.83. The van der Waals surface area contributed by atoms with Crippen LogP contribution < -0.4 is 4.72 Å². The van der Waals surface area contributed by atoms with Crippen molar-refractivity contribution in [3.8, 4) is 6.07 Å². The van der Waals surface area contributed by atoms with Gasteiger partial charge in [0.25, 0.3) is 0 Å². The Hall–Kier alpha value is -0.900. The first kappa shape index (κ1) is 11.6. The molecule has 0 unspecified atom stereocenters. The molecule has 86 valence electrons. The molecule has 1 fully saturated rings. The van der Waals surface area contributed by atoms with Crippen molar-refractivity contribution in [2.24, 2.45) is 5.92 Å². The van der Waals surface area contributed by atoms with Crippen LogP contribution in [0.15, 0.2) is 16.3 Å². The van der Waals surface area contributed by atoms with Crippen LogP contribution in [0, 0.1) is 17.2 Å². The maximum atomic E-state index is 11.9. The van der Waals surface area contributed by atoms with Crippen LogP contribution in [0.2, 0.25) is 0 Å². The molecule has 0 amide bonds. The summed E-state index contributed by atoms with van der Waals surface area (Å²) in [4.78, 5) is 0.419. The Morgan fingerprint density at radius 2 is 2.19 bits per heavy atom. The van der Waals surface area contributed by atoms with Crippen molar-refractivity contribution < 1.29 is 8.42 Å². The standard InChI is InChI=1S/C10H12N2O2S2/c1-7-4-8(5-7)12-16(13,14)10-3-2-9(6-11)15-10/h2-3,7-8,12H,4-5H2,1H3. The molecule has 0 radical (unpaired) electrons. The van der Waals surface area contributed by atoms with E-state index in [9.17, 15) is 8.42 Å². The van der Waals surface area contributed by atoms with E-state index < -0.39 is 10.0 Å². The first-order valence-corrected chi connectivity index (χ1v) is 7.33. The van der Waals surface area contributed by atoms with E-state index >= 15 is 0 Å². The van der Waals surface area contributed by atoms with Gasteiger partial charge in [-0.3, -0.25) is 0 Å². The normalized spacial score (nSPS) is 24.8. The molecule has 1 heterocycles. The van der Waals surface area contributed by atoms with Gasteiger partial charge in [0.15, 0.2) is 0 Å². The number of nitriles is 1. The summed E-state index contributed by atoms with van der Waals surface area (Å²) in [6.45, 7) is 2.10. The molecule has 0 saturated heterocycles. The number of sulfonamides is 1. The number of hydrogen-bond donors (Lipinski definition) is 1. The topological polar surface area (TPSA) is 70.0 Å². The molecular formula is C10H12N2O2S2. The molecule has 2 rings (SSSR count). The maximum absolute atomic E-state index is 11.9. The Balaban J connectivity index is 2.10. The van der Waals surface area contributed by atoms with Gasteiger partial charge in [-0.15, -0.1) is 11.3 Å². The van der Waals surface area contributed by atoms with Gasteiger partial charge in [-0.05, 0) is 30.9 Å². The molecule has 1 aliphatic carbocycles. The molecule has 1 aromatic rings.